The van der Waals surface area contributed by atoms with E-state index in [9.17, 15) is 23.6 Å². The van der Waals surface area contributed by atoms with Crippen LogP contribution in [0.3, 0.4) is 0 Å². The average molecular weight is 753 g/mol. The quantitative estimate of drug-likeness (QED) is 0.170. The van der Waals surface area contributed by atoms with Crippen LogP contribution >= 0.6 is 0 Å². The molecule has 0 bridgehead atoms. The van der Waals surface area contributed by atoms with Crippen molar-refractivity contribution in [3.8, 4) is 11.5 Å². The Bertz CT molecular complexity index is 2110. The summed E-state index contributed by atoms with van der Waals surface area (Å²) in [5, 5.41) is 10.9. The number of nitrogens with zero attached hydrogens (tertiary/aromatic N) is 4. The third-order valence-electron chi connectivity index (χ3n) is 11.6. The number of halogens is 1. The van der Waals surface area contributed by atoms with E-state index in [1.165, 1.54) is 16.2 Å². The van der Waals surface area contributed by atoms with Gasteiger partial charge in [0.05, 0.1) is 29.3 Å². The third-order valence-corrected chi connectivity index (χ3v) is 11.6. The first-order valence-corrected chi connectivity index (χ1v) is 19.8. The molecule has 2 N–H and O–H groups in total. The van der Waals surface area contributed by atoms with Crippen molar-refractivity contribution in [3.05, 3.63) is 82.4 Å². The van der Waals surface area contributed by atoms with Gasteiger partial charge in [-0.1, -0.05) is 12.1 Å². The summed E-state index contributed by atoms with van der Waals surface area (Å²) in [4.78, 5) is 52.7. The highest BCUT2D eigenvalue weighted by molar-refractivity contribution is 6.08. The van der Waals surface area contributed by atoms with Crippen LogP contribution < -0.4 is 25.7 Å². The molecule has 4 aliphatic rings. The van der Waals surface area contributed by atoms with Crippen molar-refractivity contribution < 1.29 is 28.2 Å². The number of alkyl halides is 1. The summed E-state index contributed by atoms with van der Waals surface area (Å²) < 4.78 is 29.0. The molecular formula is C42H49FN6O6. The number of hydrogen-bond donors (Lipinski definition) is 2. The second-order valence-electron chi connectivity index (χ2n) is 16.0. The summed E-state index contributed by atoms with van der Waals surface area (Å²) in [5.41, 5.74) is 2.03. The molecule has 13 heteroatoms. The average Bonchev–Trinajstić information content (AvgIpc) is 3.75. The van der Waals surface area contributed by atoms with E-state index in [0.717, 1.165) is 69.1 Å². The monoisotopic (exact) mass is 752 g/mol. The van der Waals surface area contributed by atoms with Gasteiger partial charge in [-0.25, -0.2) is 4.39 Å². The summed E-state index contributed by atoms with van der Waals surface area (Å²) >= 11 is 0. The van der Waals surface area contributed by atoms with Gasteiger partial charge in [-0.05, 0) is 113 Å². The van der Waals surface area contributed by atoms with Gasteiger partial charge in [-0.3, -0.25) is 29.2 Å². The van der Waals surface area contributed by atoms with Crippen molar-refractivity contribution in [2.24, 2.45) is 5.92 Å². The number of carbonyl (C=O) groups excluding carboxylic acids is 3. The Morgan fingerprint density at radius 2 is 1.75 bits per heavy atom. The SMILES string of the molecule is CC(C)Oc1cc2nn(C3CCC(CN4CCC(c5ccc(OC6CCC(=O)NC6=O)cc5)CC4)CC3)cc2cc1C(=O)Nc1cccn([C@H]2C[C@H]2F)c1=O. The summed E-state index contributed by atoms with van der Waals surface area (Å²) in [6.07, 6.45) is 9.26. The number of aromatic nitrogens is 3. The van der Waals surface area contributed by atoms with Crippen LogP contribution in [0.1, 0.15) is 106 Å². The number of nitrogens with one attached hydrogen (secondary N) is 2. The van der Waals surface area contributed by atoms with Crippen molar-refractivity contribution in [2.75, 3.05) is 25.0 Å². The van der Waals surface area contributed by atoms with E-state index in [-0.39, 0.29) is 29.6 Å². The molecule has 2 aliphatic carbocycles. The minimum absolute atomic E-state index is 0.102. The normalized spacial score (nSPS) is 24.8. The fourth-order valence-electron chi connectivity index (χ4n) is 8.46. The first kappa shape index (κ1) is 36.9. The number of benzene rings is 2. The topological polar surface area (TPSA) is 137 Å². The number of rotatable bonds is 11. The molecule has 4 fully saturated rings. The molecule has 1 unspecified atom stereocenters. The zero-order valence-corrected chi connectivity index (χ0v) is 31.4. The molecule has 2 aliphatic heterocycles. The Kier molecular flexibility index (Phi) is 10.5. The lowest BCUT2D eigenvalue weighted by atomic mass is 9.84. The lowest BCUT2D eigenvalue weighted by Gasteiger charge is -2.36. The smallest absolute Gasteiger partial charge is 0.274 e. The minimum Gasteiger partial charge on any atom is -0.490 e. The van der Waals surface area contributed by atoms with Crippen LogP contribution in [0.4, 0.5) is 10.1 Å². The number of anilines is 1. The summed E-state index contributed by atoms with van der Waals surface area (Å²) in [6.45, 7) is 7.04. The van der Waals surface area contributed by atoms with E-state index < -0.39 is 29.8 Å². The number of hydrogen-bond acceptors (Lipinski definition) is 8. The zero-order chi connectivity index (χ0) is 38.2. The van der Waals surface area contributed by atoms with Gasteiger partial charge in [-0.2, -0.15) is 5.10 Å². The summed E-state index contributed by atoms with van der Waals surface area (Å²) in [7, 11) is 0. The van der Waals surface area contributed by atoms with Crippen LogP contribution in [-0.4, -0.2) is 75.0 Å². The number of imide groups is 1. The van der Waals surface area contributed by atoms with Crippen LogP contribution in [0.5, 0.6) is 11.5 Å². The highest BCUT2D eigenvalue weighted by atomic mass is 19.1. The van der Waals surface area contributed by atoms with Gasteiger partial charge in [0.25, 0.3) is 17.4 Å². The van der Waals surface area contributed by atoms with Gasteiger partial charge in [0.1, 0.15) is 23.4 Å². The molecule has 55 heavy (non-hydrogen) atoms. The van der Waals surface area contributed by atoms with Crippen molar-refractivity contribution in [3.63, 3.8) is 0 Å². The Morgan fingerprint density at radius 3 is 2.44 bits per heavy atom. The molecule has 290 valence electrons. The van der Waals surface area contributed by atoms with Gasteiger partial charge in [-0.15, -0.1) is 0 Å². The Morgan fingerprint density at radius 1 is 1.00 bits per heavy atom. The Hall–Kier alpha value is -5.04. The second kappa shape index (κ2) is 15.6. The summed E-state index contributed by atoms with van der Waals surface area (Å²) in [6, 6.07) is 14.6. The highest BCUT2D eigenvalue weighted by Gasteiger charge is 2.40. The maximum absolute atomic E-state index is 13.7. The van der Waals surface area contributed by atoms with Gasteiger partial charge < -0.3 is 24.3 Å². The number of ether oxygens (including phenoxy) is 2. The number of pyridine rings is 1. The number of fused-ring (bicyclic) bond motifs is 1. The molecule has 8 rings (SSSR count). The van der Waals surface area contributed by atoms with Crippen molar-refractivity contribution in [1.29, 1.82) is 0 Å². The Balaban J connectivity index is 0.845. The molecule has 0 spiro atoms. The lowest BCUT2D eigenvalue weighted by Crippen LogP contribution is -2.46. The van der Waals surface area contributed by atoms with Crippen LogP contribution in [0.25, 0.3) is 10.9 Å². The van der Waals surface area contributed by atoms with Crippen molar-refractivity contribution in [2.45, 2.75) is 108 Å². The van der Waals surface area contributed by atoms with Gasteiger partial charge in [0.15, 0.2) is 6.10 Å². The zero-order valence-electron chi connectivity index (χ0n) is 31.4. The molecule has 2 aromatic heterocycles. The molecule has 12 nitrogen and oxygen atoms in total. The van der Waals surface area contributed by atoms with Gasteiger partial charge >= 0.3 is 0 Å². The second-order valence-corrected chi connectivity index (χ2v) is 16.0. The standard InChI is InChI=1S/C42H49FN6O6/c1-25(2)54-38-22-35-29(20-32(38)40(51)44-34-4-3-17-48(42(34)53)36-21-33(36)43)24-49(46-35)30-9-5-26(6-10-30)23-47-18-15-28(16-19-47)27-7-11-31(12-8-27)55-37-13-14-39(50)45-41(37)52/h3-4,7-8,11-12,17,20,22,24-26,28,30,33,36-37H,5-6,9-10,13-16,18-19,21,23H2,1-2H3,(H,44,51)(H,45,50,52)/t26?,30?,33-,36+,37?/m1/s1. The van der Waals surface area contributed by atoms with Crippen LogP contribution in [0.2, 0.25) is 0 Å². The highest BCUT2D eigenvalue weighted by Crippen LogP contribution is 2.38. The van der Waals surface area contributed by atoms with E-state index in [0.29, 0.717) is 48.2 Å². The molecule has 2 aromatic carbocycles. The van der Waals surface area contributed by atoms with E-state index in [4.69, 9.17) is 14.6 Å². The van der Waals surface area contributed by atoms with Crippen LogP contribution in [0, 0.1) is 5.92 Å². The van der Waals surface area contributed by atoms with Gasteiger partial charge in [0.2, 0.25) is 5.91 Å². The molecule has 2 saturated heterocycles. The number of carbonyl (C=O) groups is 3. The predicted molar refractivity (Wildman–Crippen MR) is 205 cm³/mol. The van der Waals surface area contributed by atoms with E-state index in [1.807, 2.05) is 36.9 Å². The molecule has 2 saturated carbocycles. The van der Waals surface area contributed by atoms with E-state index in [1.54, 1.807) is 24.4 Å². The van der Waals surface area contributed by atoms with Crippen molar-refractivity contribution >= 4 is 34.3 Å². The molecule has 3 amide bonds. The van der Waals surface area contributed by atoms with Crippen LogP contribution in [-0.2, 0) is 9.59 Å². The first-order valence-electron chi connectivity index (χ1n) is 19.8. The number of piperidine rings is 2. The van der Waals surface area contributed by atoms with E-state index in [2.05, 4.69) is 27.7 Å². The first-order chi connectivity index (χ1) is 26.6. The number of likely N-dealkylation sites (tertiary alicyclic amines) is 1. The fourth-order valence-corrected chi connectivity index (χ4v) is 8.46. The Labute approximate surface area is 319 Å². The molecule has 3 atom stereocenters. The van der Waals surface area contributed by atoms with Crippen molar-refractivity contribution in [1.82, 2.24) is 24.6 Å². The third kappa shape index (κ3) is 8.31. The molecule has 4 aromatic rings. The van der Waals surface area contributed by atoms with Gasteiger partial charge in [0, 0.05) is 49.7 Å². The largest absolute Gasteiger partial charge is 0.490 e. The summed E-state index contributed by atoms with van der Waals surface area (Å²) in [5.74, 6) is 1.10. The minimum atomic E-state index is -1.04. The molecule has 0 radical (unpaired) electrons. The predicted octanol–water partition coefficient (Wildman–Crippen LogP) is 6.32. The molecule has 4 heterocycles. The number of amides is 3. The fraction of sp³-hybridized carbons (Fsp3) is 0.500. The molecular weight excluding hydrogens is 703 g/mol. The maximum Gasteiger partial charge on any atom is 0.274 e. The van der Waals surface area contributed by atoms with E-state index >= 15 is 0 Å². The van der Waals surface area contributed by atoms with Crippen LogP contribution in [0.15, 0.2) is 65.7 Å². The maximum atomic E-state index is 13.7. The lowest BCUT2D eigenvalue weighted by molar-refractivity contribution is -0.138.